The number of amides is 1. The molecule has 162 valence electrons. The Labute approximate surface area is 195 Å². The Kier molecular flexibility index (Phi) is 6.34. The van der Waals surface area contributed by atoms with Gasteiger partial charge in [-0.3, -0.25) is 4.79 Å². The van der Waals surface area contributed by atoms with Crippen LogP contribution in [0, 0.1) is 18.6 Å². The summed E-state index contributed by atoms with van der Waals surface area (Å²) in [6.07, 6.45) is 0. The first-order valence-electron chi connectivity index (χ1n) is 9.92. The summed E-state index contributed by atoms with van der Waals surface area (Å²) in [4.78, 5) is 13.0. The molecule has 4 aromatic rings. The molecular formula is C23H21ClN6OS. The molecule has 4 rings (SSSR count). The van der Waals surface area contributed by atoms with Gasteiger partial charge in [0.15, 0.2) is 0 Å². The Hall–Kier alpha value is -3.49. The van der Waals surface area contributed by atoms with E-state index in [9.17, 15) is 4.79 Å². The van der Waals surface area contributed by atoms with E-state index in [1.54, 1.807) is 10.7 Å². The van der Waals surface area contributed by atoms with Gasteiger partial charge in [-0.25, -0.2) is 4.68 Å². The van der Waals surface area contributed by atoms with E-state index in [0.29, 0.717) is 22.6 Å². The lowest BCUT2D eigenvalue weighted by Gasteiger charge is -2.13. The molecule has 7 nitrogen and oxygen atoms in total. The minimum absolute atomic E-state index is 0.197. The Morgan fingerprint density at radius 3 is 2.66 bits per heavy atom. The number of rotatable bonds is 6. The molecule has 1 heterocycles. The van der Waals surface area contributed by atoms with Crippen LogP contribution in [0.2, 0.25) is 5.02 Å². The summed E-state index contributed by atoms with van der Waals surface area (Å²) < 4.78 is 1.86. The van der Waals surface area contributed by atoms with Gasteiger partial charge < -0.3 is 10.6 Å². The maximum absolute atomic E-state index is 13.0. The third-order valence-corrected chi connectivity index (χ3v) is 5.72. The first kappa shape index (κ1) is 21.7. The molecule has 0 saturated heterocycles. The zero-order valence-electron chi connectivity index (χ0n) is 17.5. The number of anilines is 2. The van der Waals surface area contributed by atoms with Gasteiger partial charge in [0, 0.05) is 28.5 Å². The van der Waals surface area contributed by atoms with Crippen LogP contribution in [-0.2, 0) is 6.54 Å². The van der Waals surface area contributed by atoms with Crippen LogP contribution in [0.4, 0.5) is 11.4 Å². The summed E-state index contributed by atoms with van der Waals surface area (Å²) in [6, 6.07) is 19.0. The van der Waals surface area contributed by atoms with Crippen LogP contribution < -0.4 is 10.6 Å². The minimum Gasteiger partial charge on any atom is -0.381 e. The van der Waals surface area contributed by atoms with Crippen LogP contribution in [0.5, 0.6) is 0 Å². The molecule has 0 unspecified atom stereocenters. The maximum atomic E-state index is 13.0. The monoisotopic (exact) mass is 464 g/mol. The molecule has 0 bridgehead atoms. The first-order chi connectivity index (χ1) is 15.4. The lowest BCUT2D eigenvalue weighted by atomic mass is 10.1. The van der Waals surface area contributed by atoms with Crippen molar-refractivity contribution in [3.05, 3.63) is 92.7 Å². The summed E-state index contributed by atoms with van der Waals surface area (Å²) in [7, 11) is 0. The third kappa shape index (κ3) is 4.87. The molecule has 32 heavy (non-hydrogen) atoms. The zero-order chi connectivity index (χ0) is 22.7. The molecule has 0 atom stereocenters. The molecular weight excluding hydrogens is 444 g/mol. The maximum Gasteiger partial charge on any atom is 0.256 e. The number of H-pyrrole nitrogens is 1. The van der Waals surface area contributed by atoms with E-state index in [-0.39, 0.29) is 5.91 Å². The molecule has 3 aromatic carbocycles. The number of benzene rings is 3. The molecule has 0 aliphatic carbocycles. The average Bonchev–Trinajstić information content (AvgIpc) is 3.21. The van der Waals surface area contributed by atoms with Crippen molar-refractivity contribution in [1.29, 1.82) is 0 Å². The van der Waals surface area contributed by atoms with Gasteiger partial charge in [0.1, 0.15) is 0 Å². The van der Waals surface area contributed by atoms with Crippen LogP contribution in [0.25, 0.3) is 5.69 Å². The first-order valence-corrected chi connectivity index (χ1v) is 10.7. The lowest BCUT2D eigenvalue weighted by molar-refractivity contribution is 0.102. The second-order valence-electron chi connectivity index (χ2n) is 7.39. The average molecular weight is 465 g/mol. The molecule has 0 aliphatic heterocycles. The van der Waals surface area contributed by atoms with E-state index in [1.807, 2.05) is 68.4 Å². The van der Waals surface area contributed by atoms with Gasteiger partial charge in [-0.05, 0) is 79.2 Å². The molecule has 1 amide bonds. The van der Waals surface area contributed by atoms with E-state index < -0.39 is 0 Å². The Bertz CT molecular complexity index is 1350. The van der Waals surface area contributed by atoms with Gasteiger partial charge in [0.05, 0.1) is 5.69 Å². The molecule has 1 aromatic heterocycles. The predicted octanol–water partition coefficient (Wildman–Crippen LogP) is 5.46. The van der Waals surface area contributed by atoms with Gasteiger partial charge >= 0.3 is 0 Å². The number of nitrogens with one attached hydrogen (secondary N) is 3. The standard InChI is InChI=1S/C23H21ClN6OS/c1-14-6-8-17(25-13-16-7-9-21(24)15(2)10-16)12-20(14)22(31)26-18-4-3-5-19(11-18)30-23(32)27-28-29-30/h3-12,25H,13H2,1-2H3,(H,26,31)(H,27,29,32). The van der Waals surface area contributed by atoms with E-state index in [2.05, 4.69) is 26.2 Å². The highest BCUT2D eigenvalue weighted by Crippen LogP contribution is 2.21. The van der Waals surface area contributed by atoms with Crippen molar-refractivity contribution < 1.29 is 4.79 Å². The number of aromatic amines is 1. The van der Waals surface area contributed by atoms with E-state index in [4.69, 9.17) is 23.8 Å². The molecule has 0 fully saturated rings. The third-order valence-electron chi connectivity index (χ3n) is 5.03. The zero-order valence-corrected chi connectivity index (χ0v) is 19.1. The van der Waals surface area contributed by atoms with Crippen molar-refractivity contribution in [3.8, 4) is 5.69 Å². The number of hydrogen-bond acceptors (Lipinski definition) is 5. The van der Waals surface area contributed by atoms with E-state index >= 15 is 0 Å². The van der Waals surface area contributed by atoms with Crippen molar-refractivity contribution in [2.75, 3.05) is 10.6 Å². The molecule has 0 radical (unpaired) electrons. The lowest BCUT2D eigenvalue weighted by Crippen LogP contribution is -2.14. The topological polar surface area (TPSA) is 87.6 Å². The van der Waals surface area contributed by atoms with Crippen LogP contribution in [0.15, 0.2) is 60.7 Å². The number of carbonyl (C=O) groups excluding carboxylic acids is 1. The Morgan fingerprint density at radius 2 is 1.91 bits per heavy atom. The van der Waals surface area contributed by atoms with Crippen molar-refractivity contribution in [2.24, 2.45) is 0 Å². The fourth-order valence-electron chi connectivity index (χ4n) is 3.28. The van der Waals surface area contributed by atoms with Gasteiger partial charge in [0.25, 0.3) is 5.91 Å². The van der Waals surface area contributed by atoms with Gasteiger partial charge in [0.2, 0.25) is 4.77 Å². The fourth-order valence-corrected chi connectivity index (χ4v) is 3.59. The number of nitrogens with zero attached hydrogens (tertiary/aromatic N) is 3. The van der Waals surface area contributed by atoms with Gasteiger partial charge in [-0.15, -0.1) is 0 Å². The fraction of sp³-hybridized carbons (Fsp3) is 0.130. The van der Waals surface area contributed by atoms with E-state index in [1.165, 1.54) is 0 Å². The smallest absolute Gasteiger partial charge is 0.256 e. The number of carbonyl (C=O) groups is 1. The quantitative estimate of drug-likeness (QED) is 0.330. The van der Waals surface area contributed by atoms with Crippen molar-refractivity contribution in [1.82, 2.24) is 20.2 Å². The van der Waals surface area contributed by atoms with E-state index in [0.717, 1.165) is 33.1 Å². The summed E-state index contributed by atoms with van der Waals surface area (Å²) in [6.45, 7) is 4.52. The van der Waals surface area contributed by atoms with Crippen LogP contribution in [0.1, 0.15) is 27.0 Å². The highest BCUT2D eigenvalue weighted by Gasteiger charge is 2.12. The van der Waals surface area contributed by atoms with Crippen LogP contribution >= 0.6 is 23.8 Å². The SMILES string of the molecule is Cc1cc(CNc2ccc(C)c(C(=O)Nc3cccc(-n4[nH]nnc4=S)c3)c2)ccc1Cl. The Balaban J connectivity index is 1.50. The summed E-state index contributed by atoms with van der Waals surface area (Å²) >= 11 is 11.2. The van der Waals surface area contributed by atoms with Crippen LogP contribution in [-0.4, -0.2) is 26.1 Å². The van der Waals surface area contributed by atoms with Gasteiger partial charge in [-0.2, -0.15) is 5.21 Å². The number of aryl methyl sites for hydroxylation is 2. The summed E-state index contributed by atoms with van der Waals surface area (Å²) in [5.74, 6) is -0.197. The summed E-state index contributed by atoms with van der Waals surface area (Å²) in [5, 5.41) is 17.2. The number of aromatic nitrogens is 4. The molecule has 3 N–H and O–H groups in total. The molecule has 0 aliphatic rings. The van der Waals surface area contributed by atoms with Crippen molar-refractivity contribution in [2.45, 2.75) is 20.4 Å². The Morgan fingerprint density at radius 1 is 1.06 bits per heavy atom. The normalized spacial score (nSPS) is 10.7. The van der Waals surface area contributed by atoms with Crippen LogP contribution in [0.3, 0.4) is 0 Å². The molecule has 0 saturated carbocycles. The highest BCUT2D eigenvalue weighted by atomic mass is 35.5. The second kappa shape index (κ2) is 9.33. The van der Waals surface area contributed by atoms with Gasteiger partial charge in [-0.1, -0.05) is 46.2 Å². The number of tetrazole rings is 1. The number of halogens is 1. The number of hydrogen-bond donors (Lipinski definition) is 3. The molecule has 0 spiro atoms. The second-order valence-corrected chi connectivity index (χ2v) is 8.16. The van der Waals surface area contributed by atoms with Crippen molar-refractivity contribution >= 4 is 41.1 Å². The largest absolute Gasteiger partial charge is 0.381 e. The van der Waals surface area contributed by atoms with Crippen molar-refractivity contribution in [3.63, 3.8) is 0 Å². The summed E-state index contributed by atoms with van der Waals surface area (Å²) in [5.41, 5.74) is 5.84. The predicted molar refractivity (Wildman–Crippen MR) is 129 cm³/mol. The molecule has 9 heteroatoms. The minimum atomic E-state index is -0.197. The highest BCUT2D eigenvalue weighted by molar-refractivity contribution is 7.71.